The summed E-state index contributed by atoms with van der Waals surface area (Å²) in [4.78, 5) is 0. The number of anilines is 2. The van der Waals surface area contributed by atoms with Crippen molar-refractivity contribution in [2.45, 2.75) is 13.0 Å². The van der Waals surface area contributed by atoms with E-state index in [1.165, 1.54) is 19.2 Å². The molecule has 0 spiro atoms. The molecule has 2 aromatic rings. The minimum absolute atomic E-state index is 0.150. The van der Waals surface area contributed by atoms with Crippen molar-refractivity contribution in [3.8, 4) is 5.75 Å². The molecule has 3 N–H and O–H groups in total. The minimum Gasteiger partial charge on any atom is -0.495 e. The standard InChI is InChI=1S/C13H15FN2O2/c1-8(12-4-3-5-18-12)16-11-7-13(17-2)10(15)6-9(11)14/h3-8,16H,15H2,1-2H3. The van der Waals surface area contributed by atoms with Crippen molar-refractivity contribution in [1.82, 2.24) is 0 Å². The van der Waals surface area contributed by atoms with Crippen LogP contribution in [0.15, 0.2) is 34.9 Å². The highest BCUT2D eigenvalue weighted by molar-refractivity contribution is 5.62. The molecule has 1 atom stereocenters. The van der Waals surface area contributed by atoms with E-state index in [4.69, 9.17) is 14.9 Å². The largest absolute Gasteiger partial charge is 0.495 e. The summed E-state index contributed by atoms with van der Waals surface area (Å²) >= 11 is 0. The van der Waals surface area contributed by atoms with E-state index in [9.17, 15) is 4.39 Å². The van der Waals surface area contributed by atoms with Gasteiger partial charge >= 0.3 is 0 Å². The highest BCUT2D eigenvalue weighted by Crippen LogP contribution is 2.30. The van der Waals surface area contributed by atoms with Crippen LogP contribution in [-0.2, 0) is 0 Å². The Morgan fingerprint density at radius 2 is 2.22 bits per heavy atom. The molecular formula is C13H15FN2O2. The number of halogens is 1. The van der Waals surface area contributed by atoms with Gasteiger partial charge < -0.3 is 20.2 Å². The molecule has 0 aliphatic carbocycles. The van der Waals surface area contributed by atoms with Crippen LogP contribution < -0.4 is 15.8 Å². The van der Waals surface area contributed by atoms with E-state index in [-0.39, 0.29) is 11.7 Å². The van der Waals surface area contributed by atoms with E-state index >= 15 is 0 Å². The van der Waals surface area contributed by atoms with Crippen LogP contribution in [0.3, 0.4) is 0 Å². The summed E-state index contributed by atoms with van der Waals surface area (Å²) in [6.45, 7) is 1.88. The summed E-state index contributed by atoms with van der Waals surface area (Å²) in [5, 5.41) is 3.01. The fraction of sp³-hybridized carbons (Fsp3) is 0.231. The summed E-state index contributed by atoms with van der Waals surface area (Å²) < 4.78 is 24.0. The lowest BCUT2D eigenvalue weighted by Crippen LogP contribution is -2.08. The number of benzene rings is 1. The van der Waals surface area contributed by atoms with Gasteiger partial charge in [-0.2, -0.15) is 0 Å². The molecule has 0 saturated heterocycles. The van der Waals surface area contributed by atoms with Gasteiger partial charge in [0.25, 0.3) is 0 Å². The minimum atomic E-state index is -0.424. The predicted octanol–water partition coefficient (Wildman–Crippen LogP) is 3.18. The van der Waals surface area contributed by atoms with Crippen molar-refractivity contribution < 1.29 is 13.5 Å². The van der Waals surface area contributed by atoms with Gasteiger partial charge in [-0.05, 0) is 19.1 Å². The molecule has 0 aliphatic heterocycles. The van der Waals surface area contributed by atoms with Gasteiger partial charge in [-0.15, -0.1) is 0 Å². The summed E-state index contributed by atoms with van der Waals surface area (Å²) in [7, 11) is 1.49. The van der Waals surface area contributed by atoms with Crippen LogP contribution in [0.1, 0.15) is 18.7 Å². The first-order valence-corrected chi connectivity index (χ1v) is 5.54. The number of furan rings is 1. The molecule has 1 unspecified atom stereocenters. The summed E-state index contributed by atoms with van der Waals surface area (Å²) in [6.07, 6.45) is 1.58. The fourth-order valence-electron chi connectivity index (χ4n) is 1.70. The van der Waals surface area contributed by atoms with Gasteiger partial charge in [0.15, 0.2) is 0 Å². The normalized spacial score (nSPS) is 12.2. The lowest BCUT2D eigenvalue weighted by molar-refractivity contribution is 0.416. The second kappa shape index (κ2) is 5.00. The quantitative estimate of drug-likeness (QED) is 0.818. The highest BCUT2D eigenvalue weighted by Gasteiger charge is 2.13. The Morgan fingerprint density at radius 3 is 2.83 bits per heavy atom. The molecule has 0 bridgehead atoms. The van der Waals surface area contributed by atoms with Gasteiger partial charge in [-0.3, -0.25) is 0 Å². The first-order chi connectivity index (χ1) is 8.61. The van der Waals surface area contributed by atoms with E-state index < -0.39 is 5.82 Å². The lowest BCUT2D eigenvalue weighted by Gasteiger charge is -2.15. The van der Waals surface area contributed by atoms with Crippen molar-refractivity contribution in [2.75, 3.05) is 18.2 Å². The number of nitrogen functional groups attached to an aromatic ring is 1. The summed E-state index contributed by atoms with van der Waals surface area (Å²) in [6, 6.07) is 6.22. The van der Waals surface area contributed by atoms with E-state index in [2.05, 4.69) is 5.32 Å². The molecule has 5 heteroatoms. The Labute approximate surface area is 105 Å². The molecule has 0 aliphatic rings. The van der Waals surface area contributed by atoms with Crippen LogP contribution >= 0.6 is 0 Å². The van der Waals surface area contributed by atoms with Crippen LogP contribution in [0.2, 0.25) is 0 Å². The van der Waals surface area contributed by atoms with Crippen molar-refractivity contribution in [1.29, 1.82) is 0 Å². The molecule has 4 nitrogen and oxygen atoms in total. The summed E-state index contributed by atoms with van der Waals surface area (Å²) in [5.74, 6) is 0.738. The Balaban J connectivity index is 2.23. The zero-order chi connectivity index (χ0) is 13.1. The lowest BCUT2D eigenvalue weighted by atomic mass is 10.2. The Hall–Kier alpha value is -2.17. The molecule has 2 rings (SSSR count). The number of rotatable bonds is 4. The monoisotopic (exact) mass is 250 g/mol. The molecule has 96 valence electrons. The van der Waals surface area contributed by atoms with Crippen LogP contribution in [0.25, 0.3) is 0 Å². The molecule has 0 radical (unpaired) electrons. The average Bonchev–Trinajstić information content (AvgIpc) is 2.86. The Bertz CT molecular complexity index is 526. The molecule has 1 heterocycles. The second-order valence-corrected chi connectivity index (χ2v) is 3.96. The van der Waals surface area contributed by atoms with Gasteiger partial charge in [-0.25, -0.2) is 4.39 Å². The van der Waals surface area contributed by atoms with Gasteiger partial charge in [0.2, 0.25) is 0 Å². The van der Waals surface area contributed by atoms with Gasteiger partial charge in [0.1, 0.15) is 17.3 Å². The van der Waals surface area contributed by atoms with Crippen LogP contribution in [-0.4, -0.2) is 7.11 Å². The number of methoxy groups -OCH3 is 1. The average molecular weight is 250 g/mol. The predicted molar refractivity (Wildman–Crippen MR) is 68.1 cm³/mol. The smallest absolute Gasteiger partial charge is 0.148 e. The van der Waals surface area contributed by atoms with Crippen LogP contribution in [0.5, 0.6) is 5.75 Å². The number of ether oxygens (including phenoxy) is 1. The number of nitrogens with one attached hydrogen (secondary N) is 1. The number of hydrogen-bond acceptors (Lipinski definition) is 4. The Kier molecular flexibility index (Phi) is 3.41. The highest BCUT2D eigenvalue weighted by atomic mass is 19.1. The number of hydrogen-bond donors (Lipinski definition) is 2. The third kappa shape index (κ3) is 2.40. The maximum Gasteiger partial charge on any atom is 0.148 e. The molecule has 0 fully saturated rings. The topological polar surface area (TPSA) is 60.4 Å². The van der Waals surface area contributed by atoms with Gasteiger partial charge in [0, 0.05) is 12.1 Å². The second-order valence-electron chi connectivity index (χ2n) is 3.96. The summed E-state index contributed by atoms with van der Waals surface area (Å²) in [5.41, 5.74) is 6.21. The first-order valence-electron chi connectivity index (χ1n) is 5.54. The van der Waals surface area contributed by atoms with Crippen LogP contribution in [0, 0.1) is 5.82 Å². The number of nitrogens with two attached hydrogens (primary N) is 1. The van der Waals surface area contributed by atoms with E-state index in [1.54, 1.807) is 12.3 Å². The van der Waals surface area contributed by atoms with E-state index in [1.807, 2.05) is 13.0 Å². The SMILES string of the molecule is COc1cc(NC(C)c2ccco2)c(F)cc1N. The third-order valence-corrected chi connectivity index (χ3v) is 2.66. The Morgan fingerprint density at radius 1 is 1.44 bits per heavy atom. The molecule has 18 heavy (non-hydrogen) atoms. The third-order valence-electron chi connectivity index (χ3n) is 2.66. The zero-order valence-corrected chi connectivity index (χ0v) is 10.2. The molecule has 1 aromatic heterocycles. The molecule has 0 amide bonds. The van der Waals surface area contributed by atoms with Gasteiger partial charge in [-0.1, -0.05) is 0 Å². The van der Waals surface area contributed by atoms with Crippen molar-refractivity contribution in [2.24, 2.45) is 0 Å². The molecular weight excluding hydrogens is 235 g/mol. The van der Waals surface area contributed by atoms with E-state index in [0.29, 0.717) is 11.4 Å². The zero-order valence-electron chi connectivity index (χ0n) is 10.2. The maximum absolute atomic E-state index is 13.7. The molecule has 1 aromatic carbocycles. The maximum atomic E-state index is 13.7. The van der Waals surface area contributed by atoms with Crippen molar-refractivity contribution in [3.05, 3.63) is 42.1 Å². The first kappa shape index (κ1) is 12.3. The van der Waals surface area contributed by atoms with Gasteiger partial charge in [0.05, 0.1) is 30.8 Å². The van der Waals surface area contributed by atoms with Crippen LogP contribution in [0.4, 0.5) is 15.8 Å². The fourth-order valence-corrected chi connectivity index (χ4v) is 1.70. The van der Waals surface area contributed by atoms with E-state index in [0.717, 1.165) is 5.76 Å². The van der Waals surface area contributed by atoms with Crippen molar-refractivity contribution >= 4 is 11.4 Å². The molecule has 0 saturated carbocycles. The van der Waals surface area contributed by atoms with Crippen molar-refractivity contribution in [3.63, 3.8) is 0 Å².